The fourth-order valence-electron chi connectivity index (χ4n) is 7.42. The second-order valence-corrected chi connectivity index (χ2v) is 15.4. The molecule has 13 nitrogen and oxygen atoms in total. The highest BCUT2D eigenvalue weighted by Gasteiger charge is 2.29. The van der Waals surface area contributed by atoms with Crippen LogP contribution in [0.1, 0.15) is 49.0 Å². The Morgan fingerprint density at radius 1 is 0.755 bits per heavy atom. The molecule has 2 aromatic carbocycles. The molecule has 0 N–H and O–H groups in total. The SMILES string of the molecule is Cn1cnnc1C1CCN(c2c(-c3cccnc3)cccc2S(C)(=O)=O)CC1.N#Cc1cccc(-c2cccnc2)c1N1CCC(n2cncn2)CC1. The van der Waals surface area contributed by atoms with Gasteiger partial charge < -0.3 is 14.4 Å². The average molecular weight is 728 g/mol. The zero-order chi connectivity index (χ0) is 36.8. The Labute approximate surface area is 309 Å². The largest absolute Gasteiger partial charge is 0.370 e. The summed E-state index contributed by atoms with van der Waals surface area (Å²) in [7, 11) is -1.41. The lowest BCUT2D eigenvalue weighted by molar-refractivity contribution is 0.366. The van der Waals surface area contributed by atoms with E-state index in [0.717, 1.165) is 91.3 Å². The normalized spacial score (nSPS) is 15.4. The molecule has 0 aliphatic carbocycles. The van der Waals surface area contributed by atoms with E-state index in [2.05, 4.69) is 52.2 Å². The number of para-hydroxylation sites is 2. The number of hydrogen-bond donors (Lipinski definition) is 0. The Bertz CT molecular complexity index is 2270. The van der Waals surface area contributed by atoms with Crippen LogP contribution in [0.4, 0.5) is 11.4 Å². The molecule has 8 rings (SSSR count). The average Bonchev–Trinajstić information content (AvgIpc) is 3.91. The second kappa shape index (κ2) is 15.7. The van der Waals surface area contributed by atoms with E-state index < -0.39 is 9.84 Å². The Kier molecular flexibility index (Phi) is 10.5. The van der Waals surface area contributed by atoms with E-state index >= 15 is 0 Å². The number of benzene rings is 2. The number of nitriles is 1. The quantitative estimate of drug-likeness (QED) is 0.199. The van der Waals surface area contributed by atoms with E-state index in [1.165, 1.54) is 6.26 Å². The highest BCUT2D eigenvalue weighted by atomic mass is 32.2. The molecule has 0 spiro atoms. The van der Waals surface area contributed by atoms with Crippen molar-refractivity contribution in [1.82, 2.24) is 39.5 Å². The first-order chi connectivity index (χ1) is 25.8. The number of nitrogens with zero attached hydrogens (tertiary/aromatic N) is 11. The van der Waals surface area contributed by atoms with Crippen molar-refractivity contribution in [1.29, 1.82) is 5.26 Å². The lowest BCUT2D eigenvalue weighted by atomic mass is 9.94. The summed E-state index contributed by atoms with van der Waals surface area (Å²) >= 11 is 0. The Balaban J connectivity index is 0.000000165. The number of hydrogen-bond acceptors (Lipinski definition) is 11. The highest BCUT2D eigenvalue weighted by molar-refractivity contribution is 7.90. The monoisotopic (exact) mass is 727 g/mol. The number of aromatic nitrogens is 8. The number of aryl methyl sites for hydroxylation is 1. The maximum absolute atomic E-state index is 12.5. The fourth-order valence-corrected chi connectivity index (χ4v) is 8.33. The summed E-state index contributed by atoms with van der Waals surface area (Å²) in [5.74, 6) is 1.32. The minimum Gasteiger partial charge on any atom is -0.370 e. The second-order valence-electron chi connectivity index (χ2n) is 13.4. The van der Waals surface area contributed by atoms with E-state index in [-0.39, 0.29) is 0 Å². The summed E-state index contributed by atoms with van der Waals surface area (Å²) in [5.41, 5.74) is 6.40. The van der Waals surface area contributed by atoms with Crippen LogP contribution in [0.25, 0.3) is 22.3 Å². The molecule has 0 atom stereocenters. The van der Waals surface area contributed by atoms with E-state index in [1.807, 2.05) is 65.0 Å². The van der Waals surface area contributed by atoms with Crippen molar-refractivity contribution in [3.05, 3.63) is 116 Å². The molecule has 6 aromatic rings. The third kappa shape index (κ3) is 7.80. The molecule has 14 heteroatoms. The van der Waals surface area contributed by atoms with Crippen LogP contribution in [-0.4, -0.2) is 80.3 Å². The van der Waals surface area contributed by atoms with Crippen molar-refractivity contribution >= 4 is 21.2 Å². The van der Waals surface area contributed by atoms with Crippen LogP contribution in [0.2, 0.25) is 0 Å². The molecular formula is C39H41N11O2S. The van der Waals surface area contributed by atoms with Gasteiger partial charge in [-0.1, -0.05) is 36.4 Å². The molecule has 4 aromatic heterocycles. The van der Waals surface area contributed by atoms with Gasteiger partial charge in [-0.2, -0.15) is 10.4 Å². The standard InChI is InChI=1S/C20H23N5O2S.C19H18N6/c1-24-14-22-23-20(24)15-8-11-25(12-9-15)19-17(16-5-4-10-21-13-16)6-3-7-18(19)28(2,26)27;20-11-15-3-1-5-18(16-4-2-8-21-12-16)19(15)24-9-6-17(7-10-24)25-14-22-13-23-25/h3-7,10,13-15H,8-9,11-12H2,1-2H3;1-5,8,12-14,17H,6-7,9-10H2. The van der Waals surface area contributed by atoms with Crippen LogP contribution in [0.15, 0.2) is 109 Å². The summed E-state index contributed by atoms with van der Waals surface area (Å²) in [6.07, 6.45) is 17.2. The molecule has 0 saturated carbocycles. The van der Waals surface area contributed by atoms with E-state index in [1.54, 1.807) is 49.7 Å². The molecule has 6 heterocycles. The molecule has 2 aliphatic rings. The van der Waals surface area contributed by atoms with Crippen molar-refractivity contribution in [2.24, 2.45) is 7.05 Å². The van der Waals surface area contributed by atoms with Gasteiger partial charge in [-0.25, -0.2) is 18.1 Å². The molecule has 0 radical (unpaired) electrons. The third-order valence-corrected chi connectivity index (χ3v) is 11.1. The molecule has 0 unspecified atom stereocenters. The fraction of sp³-hybridized carbons (Fsp3) is 0.308. The topological polar surface area (TPSA) is 152 Å². The summed E-state index contributed by atoms with van der Waals surface area (Å²) in [6.45, 7) is 3.29. The van der Waals surface area contributed by atoms with Crippen LogP contribution in [0.5, 0.6) is 0 Å². The number of anilines is 2. The van der Waals surface area contributed by atoms with Crippen LogP contribution >= 0.6 is 0 Å². The molecule has 0 amide bonds. The smallest absolute Gasteiger partial charge is 0.177 e. The summed E-state index contributed by atoms with van der Waals surface area (Å²) in [6, 6.07) is 21.9. The first kappa shape index (κ1) is 35.5. The van der Waals surface area contributed by atoms with Crippen LogP contribution in [-0.2, 0) is 16.9 Å². The Morgan fingerprint density at radius 2 is 1.38 bits per heavy atom. The number of piperidine rings is 2. The van der Waals surface area contributed by atoms with E-state index in [4.69, 9.17) is 0 Å². The van der Waals surface area contributed by atoms with Gasteiger partial charge in [0.15, 0.2) is 9.84 Å². The van der Waals surface area contributed by atoms with Gasteiger partial charge in [-0.15, -0.1) is 10.2 Å². The molecule has 2 fully saturated rings. The van der Waals surface area contributed by atoms with Crippen molar-refractivity contribution in [3.63, 3.8) is 0 Å². The lowest BCUT2D eigenvalue weighted by Gasteiger charge is -2.35. The Hall–Kier alpha value is -5.94. The van der Waals surface area contributed by atoms with Crippen molar-refractivity contribution in [3.8, 4) is 28.3 Å². The van der Waals surface area contributed by atoms with Gasteiger partial charge in [-0.05, 0) is 49.9 Å². The number of sulfone groups is 1. The van der Waals surface area contributed by atoms with Gasteiger partial charge >= 0.3 is 0 Å². The number of pyridine rings is 2. The van der Waals surface area contributed by atoms with Crippen molar-refractivity contribution in [2.75, 3.05) is 42.2 Å². The summed E-state index contributed by atoms with van der Waals surface area (Å²) < 4.78 is 28.9. The third-order valence-electron chi connectivity index (χ3n) is 10.0. The first-order valence-corrected chi connectivity index (χ1v) is 19.6. The zero-order valence-corrected chi connectivity index (χ0v) is 30.6. The maximum atomic E-state index is 12.5. The van der Waals surface area contributed by atoms with Gasteiger partial charge in [0.25, 0.3) is 0 Å². The molecule has 0 bridgehead atoms. The van der Waals surface area contributed by atoms with Gasteiger partial charge in [0.2, 0.25) is 0 Å². The molecule has 270 valence electrons. The van der Waals surface area contributed by atoms with Crippen molar-refractivity contribution in [2.45, 2.75) is 42.5 Å². The van der Waals surface area contributed by atoms with Gasteiger partial charge in [-0.3, -0.25) is 9.97 Å². The maximum Gasteiger partial charge on any atom is 0.177 e. The van der Waals surface area contributed by atoms with Crippen LogP contribution < -0.4 is 9.80 Å². The predicted molar refractivity (Wildman–Crippen MR) is 203 cm³/mol. The van der Waals surface area contributed by atoms with E-state index in [9.17, 15) is 13.7 Å². The lowest BCUT2D eigenvalue weighted by Crippen LogP contribution is -2.35. The van der Waals surface area contributed by atoms with Gasteiger partial charge in [0.1, 0.15) is 30.9 Å². The van der Waals surface area contributed by atoms with Crippen LogP contribution in [0, 0.1) is 11.3 Å². The van der Waals surface area contributed by atoms with Gasteiger partial charge in [0, 0.05) is 92.4 Å². The number of rotatable bonds is 7. The first-order valence-electron chi connectivity index (χ1n) is 17.7. The highest BCUT2D eigenvalue weighted by Crippen LogP contribution is 2.40. The minimum absolute atomic E-state index is 0.330. The Morgan fingerprint density at radius 3 is 1.92 bits per heavy atom. The minimum atomic E-state index is -3.37. The van der Waals surface area contributed by atoms with E-state index in [0.29, 0.717) is 22.4 Å². The molecular weight excluding hydrogens is 687 g/mol. The van der Waals surface area contributed by atoms with Crippen molar-refractivity contribution < 1.29 is 8.42 Å². The summed E-state index contributed by atoms with van der Waals surface area (Å²) in [4.78, 5) is 17.3. The molecule has 2 aliphatic heterocycles. The predicted octanol–water partition coefficient (Wildman–Crippen LogP) is 5.72. The molecule has 53 heavy (non-hydrogen) atoms. The molecule has 2 saturated heterocycles. The zero-order valence-electron chi connectivity index (χ0n) is 29.8. The summed E-state index contributed by atoms with van der Waals surface area (Å²) in [5, 5.41) is 22.1. The van der Waals surface area contributed by atoms with Crippen LogP contribution in [0.3, 0.4) is 0 Å². The van der Waals surface area contributed by atoms with Gasteiger partial charge in [0.05, 0.1) is 27.9 Å².